The molecule has 0 saturated carbocycles. The summed E-state index contributed by atoms with van der Waals surface area (Å²) in [5.74, 6) is -0.299. The van der Waals surface area contributed by atoms with Crippen LogP contribution in [0.2, 0.25) is 0 Å². The molecule has 0 rings (SSSR count). The van der Waals surface area contributed by atoms with Crippen molar-refractivity contribution in [3.05, 3.63) is 25.0 Å². The van der Waals surface area contributed by atoms with Crippen molar-refractivity contribution in [3.8, 4) is 0 Å². The van der Waals surface area contributed by atoms with Gasteiger partial charge in [-0.2, -0.15) is 0 Å². The second-order valence-corrected chi connectivity index (χ2v) is 2.16. The number of carbonyl (C=O) groups is 1. The fraction of sp³-hybridized carbons (Fsp3) is 0.375. The molecule has 0 atom stereocenters. The van der Waals surface area contributed by atoms with Crippen LogP contribution in [-0.2, 0) is 9.53 Å². The van der Waals surface area contributed by atoms with E-state index in [4.69, 9.17) is 0 Å². The van der Waals surface area contributed by atoms with E-state index < -0.39 is 0 Å². The van der Waals surface area contributed by atoms with Gasteiger partial charge in [-0.3, -0.25) is 4.79 Å². The molecule has 10 heavy (non-hydrogen) atoms. The molecular weight excluding hydrogens is 128 g/mol. The summed E-state index contributed by atoms with van der Waals surface area (Å²) in [6, 6.07) is 0. The highest BCUT2D eigenvalue weighted by molar-refractivity contribution is 5.72. The van der Waals surface area contributed by atoms with E-state index in [-0.39, 0.29) is 11.9 Å². The van der Waals surface area contributed by atoms with Gasteiger partial charge in [-0.25, -0.2) is 0 Å². The summed E-state index contributed by atoms with van der Waals surface area (Å²) in [5, 5.41) is 0. The number of hydrogen-bond acceptors (Lipinski definition) is 2. The molecular formula is C8H12O2. The Morgan fingerprint density at radius 1 is 1.60 bits per heavy atom. The van der Waals surface area contributed by atoms with Gasteiger partial charge >= 0.3 is 5.97 Å². The normalized spacial score (nSPS) is 10.3. The molecule has 0 aromatic carbocycles. The molecule has 56 valence electrons. The SMILES string of the molecule is C=CC=COC(=O)C(C)C. The summed E-state index contributed by atoms with van der Waals surface area (Å²) >= 11 is 0. The molecule has 2 heteroatoms. The van der Waals surface area contributed by atoms with Crippen LogP contribution in [0, 0.1) is 5.92 Å². The van der Waals surface area contributed by atoms with Gasteiger partial charge < -0.3 is 4.74 Å². The van der Waals surface area contributed by atoms with E-state index >= 15 is 0 Å². The quantitative estimate of drug-likeness (QED) is 0.340. The third kappa shape index (κ3) is 3.89. The van der Waals surface area contributed by atoms with Gasteiger partial charge in [0.05, 0.1) is 12.2 Å². The Bertz CT molecular complexity index is 145. The van der Waals surface area contributed by atoms with Crippen LogP contribution in [0.15, 0.2) is 25.0 Å². The van der Waals surface area contributed by atoms with Crippen molar-refractivity contribution < 1.29 is 9.53 Å². The minimum absolute atomic E-state index is 0.0746. The fourth-order valence-corrected chi connectivity index (χ4v) is 0.298. The molecule has 0 unspecified atom stereocenters. The zero-order chi connectivity index (χ0) is 7.98. The molecule has 0 radical (unpaired) electrons. The van der Waals surface area contributed by atoms with Gasteiger partial charge in [0.15, 0.2) is 0 Å². The zero-order valence-corrected chi connectivity index (χ0v) is 6.33. The maximum absolute atomic E-state index is 10.7. The lowest BCUT2D eigenvalue weighted by Gasteiger charge is -1.99. The molecule has 0 aromatic rings. The third-order valence-corrected chi connectivity index (χ3v) is 0.870. The van der Waals surface area contributed by atoms with Gasteiger partial charge in [0, 0.05) is 0 Å². The van der Waals surface area contributed by atoms with E-state index in [0.29, 0.717) is 0 Å². The third-order valence-electron chi connectivity index (χ3n) is 0.870. The number of allylic oxidation sites excluding steroid dienone is 2. The van der Waals surface area contributed by atoms with E-state index in [2.05, 4.69) is 11.3 Å². The molecule has 0 heterocycles. The van der Waals surface area contributed by atoms with Crippen LogP contribution in [0.1, 0.15) is 13.8 Å². The molecule has 0 N–H and O–H groups in total. The minimum Gasteiger partial charge on any atom is -0.434 e. The second-order valence-electron chi connectivity index (χ2n) is 2.16. The van der Waals surface area contributed by atoms with E-state index in [1.54, 1.807) is 26.0 Å². The first-order valence-electron chi connectivity index (χ1n) is 3.16. The largest absolute Gasteiger partial charge is 0.434 e. The van der Waals surface area contributed by atoms with Crippen LogP contribution in [-0.4, -0.2) is 5.97 Å². The first kappa shape index (κ1) is 8.95. The maximum atomic E-state index is 10.7. The van der Waals surface area contributed by atoms with E-state index in [1.807, 2.05) is 0 Å². The van der Waals surface area contributed by atoms with Crippen molar-refractivity contribution in [1.82, 2.24) is 0 Å². The second kappa shape index (κ2) is 4.79. The summed E-state index contributed by atoms with van der Waals surface area (Å²) in [7, 11) is 0. The zero-order valence-electron chi connectivity index (χ0n) is 6.33. The first-order valence-corrected chi connectivity index (χ1v) is 3.16. The topological polar surface area (TPSA) is 26.3 Å². The lowest BCUT2D eigenvalue weighted by molar-refractivity contribution is -0.141. The van der Waals surface area contributed by atoms with E-state index in [0.717, 1.165) is 0 Å². The van der Waals surface area contributed by atoms with Crippen molar-refractivity contribution in [2.75, 3.05) is 0 Å². The Morgan fingerprint density at radius 2 is 2.20 bits per heavy atom. The van der Waals surface area contributed by atoms with Crippen LogP contribution in [0.5, 0.6) is 0 Å². The van der Waals surface area contributed by atoms with Crippen molar-refractivity contribution in [3.63, 3.8) is 0 Å². The van der Waals surface area contributed by atoms with Crippen molar-refractivity contribution in [2.45, 2.75) is 13.8 Å². The van der Waals surface area contributed by atoms with Gasteiger partial charge in [-0.15, -0.1) is 0 Å². The molecule has 0 fully saturated rings. The summed E-state index contributed by atoms with van der Waals surface area (Å²) in [5.41, 5.74) is 0. The Kier molecular flexibility index (Phi) is 4.29. The van der Waals surface area contributed by atoms with Crippen LogP contribution >= 0.6 is 0 Å². The molecule has 0 aliphatic carbocycles. The highest BCUT2D eigenvalue weighted by atomic mass is 16.5. The fourth-order valence-electron chi connectivity index (χ4n) is 0.298. The Balaban J connectivity index is 3.59. The van der Waals surface area contributed by atoms with Crippen molar-refractivity contribution in [2.24, 2.45) is 5.92 Å². The predicted octanol–water partition coefficient (Wildman–Crippen LogP) is 1.89. The van der Waals surface area contributed by atoms with E-state index in [1.165, 1.54) is 6.26 Å². The molecule has 0 spiro atoms. The van der Waals surface area contributed by atoms with Gasteiger partial charge in [0.1, 0.15) is 0 Å². The standard InChI is InChI=1S/C8H12O2/c1-4-5-6-10-8(9)7(2)3/h4-7H,1H2,2-3H3. The molecule has 0 aliphatic rings. The van der Waals surface area contributed by atoms with Crippen LogP contribution in [0.25, 0.3) is 0 Å². The Hall–Kier alpha value is -1.05. The van der Waals surface area contributed by atoms with E-state index in [9.17, 15) is 4.79 Å². The summed E-state index contributed by atoms with van der Waals surface area (Å²) in [4.78, 5) is 10.7. The van der Waals surface area contributed by atoms with Crippen LogP contribution in [0.3, 0.4) is 0 Å². The number of esters is 1. The van der Waals surface area contributed by atoms with Crippen molar-refractivity contribution >= 4 is 5.97 Å². The van der Waals surface area contributed by atoms with Gasteiger partial charge in [-0.1, -0.05) is 26.5 Å². The molecule has 0 aliphatic heterocycles. The Morgan fingerprint density at radius 3 is 2.60 bits per heavy atom. The smallest absolute Gasteiger partial charge is 0.313 e. The Labute approximate surface area is 61.2 Å². The molecule has 2 nitrogen and oxygen atoms in total. The van der Waals surface area contributed by atoms with Gasteiger partial charge in [-0.05, 0) is 6.08 Å². The minimum atomic E-state index is -0.224. The number of hydrogen-bond donors (Lipinski definition) is 0. The number of ether oxygens (including phenoxy) is 1. The van der Waals surface area contributed by atoms with Gasteiger partial charge in [0.2, 0.25) is 0 Å². The highest BCUT2D eigenvalue weighted by Gasteiger charge is 2.04. The average Bonchev–Trinajstić information content (AvgIpc) is 1.88. The first-order chi connectivity index (χ1) is 4.68. The molecule has 0 bridgehead atoms. The number of carbonyl (C=O) groups excluding carboxylic acids is 1. The highest BCUT2D eigenvalue weighted by Crippen LogP contribution is 1.95. The lowest BCUT2D eigenvalue weighted by Crippen LogP contribution is -2.07. The lowest BCUT2D eigenvalue weighted by atomic mass is 10.2. The molecule has 0 aromatic heterocycles. The van der Waals surface area contributed by atoms with Gasteiger partial charge in [0.25, 0.3) is 0 Å². The monoisotopic (exact) mass is 140 g/mol. The molecule has 0 amide bonds. The van der Waals surface area contributed by atoms with Crippen molar-refractivity contribution in [1.29, 1.82) is 0 Å². The number of rotatable bonds is 3. The molecule has 0 saturated heterocycles. The average molecular weight is 140 g/mol. The summed E-state index contributed by atoms with van der Waals surface area (Å²) in [6.07, 6.45) is 4.45. The predicted molar refractivity (Wildman–Crippen MR) is 40.3 cm³/mol. The van der Waals surface area contributed by atoms with Crippen LogP contribution < -0.4 is 0 Å². The maximum Gasteiger partial charge on any atom is 0.313 e. The summed E-state index contributed by atoms with van der Waals surface area (Å²) in [6.45, 7) is 6.99. The summed E-state index contributed by atoms with van der Waals surface area (Å²) < 4.78 is 4.65. The van der Waals surface area contributed by atoms with Crippen LogP contribution in [0.4, 0.5) is 0 Å².